The number of aliphatic hydroxyl groups is 2. The molecule has 3 aromatic carbocycles. The van der Waals surface area contributed by atoms with Crippen molar-refractivity contribution >= 4 is 5.97 Å². The van der Waals surface area contributed by atoms with Crippen LogP contribution in [0.3, 0.4) is 0 Å². The molecule has 0 saturated carbocycles. The van der Waals surface area contributed by atoms with Crippen molar-refractivity contribution in [3.05, 3.63) is 108 Å². The number of rotatable bonds is 12. The summed E-state index contributed by atoms with van der Waals surface area (Å²) in [5, 5.41) is 29.8. The third-order valence-corrected chi connectivity index (χ3v) is 5.60. The highest BCUT2D eigenvalue weighted by Crippen LogP contribution is 2.40. The molecule has 0 aliphatic heterocycles. The number of hydrogen-bond donors (Lipinski definition) is 3. The number of benzene rings is 3. The molecule has 32 heavy (non-hydrogen) atoms. The Morgan fingerprint density at radius 1 is 0.719 bits per heavy atom. The number of unbranched alkanes of at least 4 members (excludes halogenated alkanes) is 1. The molecule has 1 unspecified atom stereocenters. The monoisotopic (exact) mass is 434 g/mol. The number of carbonyl (C=O) groups is 1. The average Bonchev–Trinajstić information content (AvgIpc) is 2.84. The van der Waals surface area contributed by atoms with E-state index in [1.807, 2.05) is 91.0 Å². The van der Waals surface area contributed by atoms with Gasteiger partial charge in [0.05, 0.1) is 12.7 Å². The zero-order valence-corrected chi connectivity index (χ0v) is 18.0. The summed E-state index contributed by atoms with van der Waals surface area (Å²) in [6.07, 6.45) is -0.752. The van der Waals surface area contributed by atoms with Crippen molar-refractivity contribution in [2.75, 3.05) is 6.61 Å². The Morgan fingerprint density at radius 3 is 1.56 bits per heavy atom. The second kappa shape index (κ2) is 11.6. The molecule has 0 saturated heterocycles. The minimum atomic E-state index is -1.10. The Balaban J connectivity index is 1.87. The second-order valence-corrected chi connectivity index (χ2v) is 7.86. The van der Waals surface area contributed by atoms with E-state index in [9.17, 15) is 15.0 Å². The molecule has 3 aromatic rings. The van der Waals surface area contributed by atoms with Crippen LogP contribution < -0.4 is 0 Å². The highest BCUT2D eigenvalue weighted by molar-refractivity contribution is 5.66. The van der Waals surface area contributed by atoms with Gasteiger partial charge in [-0.1, -0.05) is 97.4 Å². The van der Waals surface area contributed by atoms with Gasteiger partial charge in [-0.05, 0) is 29.5 Å². The lowest BCUT2D eigenvalue weighted by Gasteiger charge is -2.37. The first-order valence-electron chi connectivity index (χ1n) is 10.9. The molecule has 3 rings (SSSR count). The number of carboxylic acids is 1. The molecule has 0 fully saturated rings. The summed E-state index contributed by atoms with van der Waals surface area (Å²) in [6.45, 7) is -0.0845. The Hall–Kier alpha value is -2.99. The van der Waals surface area contributed by atoms with Gasteiger partial charge in [0.15, 0.2) is 0 Å². The van der Waals surface area contributed by atoms with E-state index < -0.39 is 23.8 Å². The maximum Gasteiger partial charge on any atom is 0.303 e. The first-order chi connectivity index (χ1) is 15.5. The van der Waals surface area contributed by atoms with Gasteiger partial charge < -0.3 is 20.1 Å². The SMILES string of the molecule is O=C(O)CCCCC(O)[C@@H](O)COC(c1ccccc1)(c1ccccc1)c1ccccc1. The second-order valence-electron chi connectivity index (χ2n) is 7.86. The Kier molecular flexibility index (Phi) is 8.56. The molecule has 0 amide bonds. The topological polar surface area (TPSA) is 87.0 Å². The smallest absolute Gasteiger partial charge is 0.303 e. The minimum Gasteiger partial charge on any atom is -0.481 e. The van der Waals surface area contributed by atoms with E-state index in [-0.39, 0.29) is 13.0 Å². The van der Waals surface area contributed by atoms with Gasteiger partial charge in [0.2, 0.25) is 0 Å². The number of aliphatic hydroxyl groups excluding tert-OH is 2. The fraction of sp³-hybridized carbons (Fsp3) is 0.296. The lowest BCUT2D eigenvalue weighted by molar-refractivity contribution is -0.137. The first-order valence-corrected chi connectivity index (χ1v) is 10.9. The fourth-order valence-corrected chi connectivity index (χ4v) is 3.91. The van der Waals surface area contributed by atoms with E-state index in [4.69, 9.17) is 9.84 Å². The third kappa shape index (κ3) is 5.82. The lowest BCUT2D eigenvalue weighted by Crippen LogP contribution is -2.39. The van der Waals surface area contributed by atoms with Crippen LogP contribution in [0.15, 0.2) is 91.0 Å². The van der Waals surface area contributed by atoms with Crippen LogP contribution in [0.1, 0.15) is 42.4 Å². The van der Waals surface area contributed by atoms with Gasteiger partial charge in [0.1, 0.15) is 11.7 Å². The Labute approximate surface area is 188 Å². The van der Waals surface area contributed by atoms with Crippen LogP contribution in [0.4, 0.5) is 0 Å². The molecule has 0 aliphatic carbocycles. The van der Waals surface area contributed by atoms with Gasteiger partial charge in [0.25, 0.3) is 0 Å². The van der Waals surface area contributed by atoms with Crippen LogP contribution >= 0.6 is 0 Å². The summed E-state index contributed by atoms with van der Waals surface area (Å²) in [5.74, 6) is -0.860. The number of ether oxygens (including phenoxy) is 1. The van der Waals surface area contributed by atoms with Crippen molar-refractivity contribution < 1.29 is 24.9 Å². The molecule has 0 heterocycles. The molecular weight excluding hydrogens is 404 g/mol. The zero-order chi connectivity index (χ0) is 22.8. The molecule has 0 radical (unpaired) electrons. The van der Waals surface area contributed by atoms with Crippen LogP contribution in [0.5, 0.6) is 0 Å². The third-order valence-electron chi connectivity index (χ3n) is 5.60. The van der Waals surface area contributed by atoms with Crippen LogP contribution in [-0.4, -0.2) is 40.1 Å². The Bertz CT molecular complexity index is 847. The molecule has 168 valence electrons. The van der Waals surface area contributed by atoms with Gasteiger partial charge in [0, 0.05) is 6.42 Å². The molecule has 2 atom stereocenters. The van der Waals surface area contributed by atoms with E-state index >= 15 is 0 Å². The predicted octanol–water partition coefficient (Wildman–Crippen LogP) is 4.36. The Morgan fingerprint density at radius 2 is 1.16 bits per heavy atom. The predicted molar refractivity (Wildman–Crippen MR) is 123 cm³/mol. The normalized spacial score (nSPS) is 13.4. The summed E-state index contributed by atoms with van der Waals surface area (Å²) < 4.78 is 6.51. The van der Waals surface area contributed by atoms with Crippen molar-refractivity contribution in [3.63, 3.8) is 0 Å². The summed E-state index contributed by atoms with van der Waals surface area (Å²) in [4.78, 5) is 10.7. The van der Waals surface area contributed by atoms with E-state index in [0.29, 0.717) is 19.3 Å². The van der Waals surface area contributed by atoms with Crippen molar-refractivity contribution in [1.29, 1.82) is 0 Å². The lowest BCUT2D eigenvalue weighted by atomic mass is 9.80. The van der Waals surface area contributed by atoms with Crippen LogP contribution in [-0.2, 0) is 15.1 Å². The van der Waals surface area contributed by atoms with Crippen molar-refractivity contribution in [3.8, 4) is 0 Å². The molecule has 0 spiro atoms. The first kappa shape index (κ1) is 23.7. The van der Waals surface area contributed by atoms with E-state index in [1.165, 1.54) is 0 Å². The maximum absolute atomic E-state index is 10.7. The number of carboxylic acid groups (broad SMARTS) is 1. The fourth-order valence-electron chi connectivity index (χ4n) is 3.91. The molecule has 0 aromatic heterocycles. The molecule has 0 bridgehead atoms. The van der Waals surface area contributed by atoms with E-state index in [1.54, 1.807) is 0 Å². The van der Waals surface area contributed by atoms with Crippen LogP contribution in [0.25, 0.3) is 0 Å². The zero-order valence-electron chi connectivity index (χ0n) is 18.0. The molecule has 3 N–H and O–H groups in total. The number of aliphatic carboxylic acids is 1. The van der Waals surface area contributed by atoms with Gasteiger partial charge >= 0.3 is 5.97 Å². The van der Waals surface area contributed by atoms with Crippen molar-refractivity contribution in [2.45, 2.75) is 43.5 Å². The largest absolute Gasteiger partial charge is 0.481 e. The van der Waals surface area contributed by atoms with Crippen molar-refractivity contribution in [1.82, 2.24) is 0 Å². The molecule has 0 aliphatic rings. The summed E-state index contributed by atoms with van der Waals surface area (Å²) >= 11 is 0. The summed E-state index contributed by atoms with van der Waals surface area (Å²) in [7, 11) is 0. The highest BCUT2D eigenvalue weighted by atomic mass is 16.5. The van der Waals surface area contributed by atoms with Gasteiger partial charge in [-0.15, -0.1) is 0 Å². The quantitative estimate of drug-likeness (QED) is 0.291. The minimum absolute atomic E-state index is 0.0540. The van der Waals surface area contributed by atoms with Gasteiger partial charge in [-0.2, -0.15) is 0 Å². The van der Waals surface area contributed by atoms with Crippen LogP contribution in [0.2, 0.25) is 0 Å². The van der Waals surface area contributed by atoms with Crippen LogP contribution in [0, 0.1) is 0 Å². The summed E-state index contributed by atoms with van der Waals surface area (Å²) in [6, 6.07) is 29.5. The van der Waals surface area contributed by atoms with E-state index in [0.717, 1.165) is 16.7 Å². The number of hydrogen-bond acceptors (Lipinski definition) is 4. The standard InChI is InChI=1S/C27H30O5/c28-24(18-10-11-19-26(30)31)25(29)20-32-27(21-12-4-1-5-13-21,22-14-6-2-7-15-22)23-16-8-3-9-17-23/h1-9,12-17,24-25,28-29H,10-11,18-20H2,(H,30,31)/t24?,25-/m0/s1. The summed E-state index contributed by atoms with van der Waals surface area (Å²) in [5.41, 5.74) is 1.79. The molecule has 5 heteroatoms. The molecular formula is C27H30O5. The van der Waals surface area contributed by atoms with Gasteiger partial charge in [-0.3, -0.25) is 4.79 Å². The maximum atomic E-state index is 10.7. The average molecular weight is 435 g/mol. The molecule has 5 nitrogen and oxygen atoms in total. The van der Waals surface area contributed by atoms with E-state index in [2.05, 4.69) is 0 Å². The van der Waals surface area contributed by atoms with Gasteiger partial charge in [-0.25, -0.2) is 0 Å². The highest BCUT2D eigenvalue weighted by Gasteiger charge is 2.38. The van der Waals surface area contributed by atoms with Crippen molar-refractivity contribution in [2.24, 2.45) is 0 Å².